The Morgan fingerprint density at radius 2 is 2.17 bits per heavy atom. The second-order valence-corrected chi connectivity index (χ2v) is 8.24. The number of carbonyl (C=O) groups excluding carboxylic acids is 1. The van der Waals surface area contributed by atoms with Crippen LogP contribution in [0.1, 0.15) is 31.7 Å². The van der Waals surface area contributed by atoms with E-state index in [9.17, 15) is 4.79 Å². The SMILES string of the molecule is CCS[C@@H]1CC[C@H](NC(=O)N2CCN(Cc3cccnc3)CC2)C1. The first kappa shape index (κ1) is 17.5. The van der Waals surface area contributed by atoms with Gasteiger partial charge in [0.05, 0.1) is 0 Å². The number of amides is 2. The third-order valence-corrected chi connectivity index (χ3v) is 6.14. The number of hydrogen-bond acceptors (Lipinski definition) is 4. The molecule has 0 unspecified atom stereocenters. The summed E-state index contributed by atoms with van der Waals surface area (Å²) in [5, 5.41) is 3.98. The first-order valence-corrected chi connectivity index (χ1v) is 10.1. The van der Waals surface area contributed by atoms with E-state index in [1.807, 2.05) is 28.9 Å². The van der Waals surface area contributed by atoms with Crippen molar-refractivity contribution in [3.8, 4) is 0 Å². The van der Waals surface area contributed by atoms with E-state index < -0.39 is 0 Å². The van der Waals surface area contributed by atoms with E-state index in [0.717, 1.165) is 50.8 Å². The molecule has 1 N–H and O–H groups in total. The molecule has 5 nitrogen and oxygen atoms in total. The normalized spacial score (nSPS) is 25.0. The highest BCUT2D eigenvalue weighted by Gasteiger charge is 2.28. The molecule has 0 aromatic carbocycles. The zero-order valence-electron chi connectivity index (χ0n) is 14.5. The Balaban J connectivity index is 1.39. The molecule has 1 aromatic rings. The minimum Gasteiger partial charge on any atom is -0.335 e. The maximum absolute atomic E-state index is 12.5. The van der Waals surface area contributed by atoms with Crippen molar-refractivity contribution in [2.45, 2.75) is 44.0 Å². The molecule has 1 aliphatic carbocycles. The van der Waals surface area contributed by atoms with Crippen molar-refractivity contribution in [2.24, 2.45) is 0 Å². The van der Waals surface area contributed by atoms with Crippen molar-refractivity contribution in [2.75, 3.05) is 31.9 Å². The fourth-order valence-corrected chi connectivity index (χ4v) is 4.73. The molecule has 1 saturated heterocycles. The van der Waals surface area contributed by atoms with Gasteiger partial charge in [-0.05, 0) is 36.6 Å². The van der Waals surface area contributed by atoms with Gasteiger partial charge >= 0.3 is 6.03 Å². The van der Waals surface area contributed by atoms with Crippen molar-refractivity contribution in [1.82, 2.24) is 20.1 Å². The van der Waals surface area contributed by atoms with E-state index >= 15 is 0 Å². The zero-order chi connectivity index (χ0) is 16.8. The molecule has 2 atom stereocenters. The van der Waals surface area contributed by atoms with Crippen LogP contribution < -0.4 is 5.32 Å². The minimum atomic E-state index is 0.128. The highest BCUT2D eigenvalue weighted by atomic mass is 32.2. The average Bonchev–Trinajstić information content (AvgIpc) is 3.04. The fourth-order valence-electron chi connectivity index (χ4n) is 3.58. The van der Waals surface area contributed by atoms with E-state index in [0.29, 0.717) is 6.04 Å². The lowest BCUT2D eigenvalue weighted by molar-refractivity contribution is 0.133. The van der Waals surface area contributed by atoms with Crippen molar-refractivity contribution < 1.29 is 4.79 Å². The summed E-state index contributed by atoms with van der Waals surface area (Å²) in [5.74, 6) is 1.17. The van der Waals surface area contributed by atoms with Crippen molar-refractivity contribution in [3.05, 3.63) is 30.1 Å². The van der Waals surface area contributed by atoms with Gasteiger partial charge in [-0.2, -0.15) is 11.8 Å². The Bertz CT molecular complexity index is 519. The van der Waals surface area contributed by atoms with E-state index in [1.165, 1.54) is 17.7 Å². The Morgan fingerprint density at radius 3 is 2.88 bits per heavy atom. The highest BCUT2D eigenvalue weighted by Crippen LogP contribution is 2.29. The van der Waals surface area contributed by atoms with E-state index in [4.69, 9.17) is 0 Å². The van der Waals surface area contributed by atoms with Crippen LogP contribution in [-0.2, 0) is 6.54 Å². The lowest BCUT2D eigenvalue weighted by atomic mass is 10.2. The third kappa shape index (κ3) is 4.86. The van der Waals surface area contributed by atoms with Gasteiger partial charge in [-0.15, -0.1) is 0 Å². The van der Waals surface area contributed by atoms with Crippen LogP contribution in [0.4, 0.5) is 4.79 Å². The van der Waals surface area contributed by atoms with Crippen molar-refractivity contribution in [1.29, 1.82) is 0 Å². The van der Waals surface area contributed by atoms with Gasteiger partial charge in [0.15, 0.2) is 0 Å². The van der Waals surface area contributed by atoms with Gasteiger partial charge in [-0.25, -0.2) is 4.79 Å². The monoisotopic (exact) mass is 348 g/mol. The second kappa shape index (κ2) is 8.72. The molecule has 132 valence electrons. The maximum atomic E-state index is 12.5. The van der Waals surface area contributed by atoms with Gasteiger partial charge in [-0.1, -0.05) is 13.0 Å². The van der Waals surface area contributed by atoms with Crippen molar-refractivity contribution in [3.63, 3.8) is 0 Å². The summed E-state index contributed by atoms with van der Waals surface area (Å²) in [7, 11) is 0. The predicted octanol–water partition coefficient (Wildman–Crippen LogP) is 2.58. The molecule has 6 heteroatoms. The minimum absolute atomic E-state index is 0.128. The van der Waals surface area contributed by atoms with Crippen LogP contribution in [0, 0.1) is 0 Å². The summed E-state index contributed by atoms with van der Waals surface area (Å²) >= 11 is 2.03. The van der Waals surface area contributed by atoms with Gasteiger partial charge in [0, 0.05) is 56.4 Å². The lowest BCUT2D eigenvalue weighted by Gasteiger charge is -2.35. The van der Waals surface area contributed by atoms with Gasteiger partial charge in [-0.3, -0.25) is 9.88 Å². The molecule has 1 aromatic heterocycles. The number of nitrogens with zero attached hydrogens (tertiary/aromatic N) is 3. The number of piperazine rings is 1. The molecule has 24 heavy (non-hydrogen) atoms. The summed E-state index contributed by atoms with van der Waals surface area (Å²) in [6.07, 6.45) is 7.22. The van der Waals surface area contributed by atoms with Crippen LogP contribution in [0.5, 0.6) is 0 Å². The number of nitrogens with one attached hydrogen (secondary N) is 1. The summed E-state index contributed by atoms with van der Waals surface area (Å²) in [6, 6.07) is 4.58. The molecular weight excluding hydrogens is 320 g/mol. The molecule has 0 radical (unpaired) electrons. The standard InChI is InChI=1S/C18H28N4OS/c1-2-24-17-6-5-16(12-17)20-18(23)22-10-8-21(9-11-22)14-15-4-3-7-19-13-15/h3-4,7,13,16-17H,2,5-6,8-12,14H2,1H3,(H,20,23)/t16-,17+/m0/s1. The van der Waals surface area contributed by atoms with Gasteiger partial charge in [0.1, 0.15) is 0 Å². The Morgan fingerprint density at radius 1 is 1.33 bits per heavy atom. The van der Waals surface area contributed by atoms with Crippen LogP contribution in [0.2, 0.25) is 0 Å². The lowest BCUT2D eigenvalue weighted by Crippen LogP contribution is -2.52. The topological polar surface area (TPSA) is 48.5 Å². The first-order chi connectivity index (χ1) is 11.7. The molecule has 1 aliphatic heterocycles. The van der Waals surface area contributed by atoms with Crippen molar-refractivity contribution >= 4 is 17.8 Å². The summed E-state index contributed by atoms with van der Waals surface area (Å²) in [4.78, 5) is 21.0. The molecule has 0 bridgehead atoms. The Kier molecular flexibility index (Phi) is 6.37. The van der Waals surface area contributed by atoms with E-state index in [-0.39, 0.29) is 6.03 Å². The molecule has 1 saturated carbocycles. The molecule has 3 rings (SSSR count). The summed E-state index contributed by atoms with van der Waals surface area (Å²) in [6.45, 7) is 6.61. The third-order valence-electron chi connectivity index (χ3n) is 4.90. The Hall–Kier alpha value is -1.27. The highest BCUT2D eigenvalue weighted by molar-refractivity contribution is 7.99. The number of hydrogen-bond donors (Lipinski definition) is 1. The molecule has 2 amide bonds. The first-order valence-electron chi connectivity index (χ1n) is 9.03. The van der Waals surface area contributed by atoms with Crippen LogP contribution >= 0.6 is 11.8 Å². The number of rotatable bonds is 5. The number of pyridine rings is 1. The van der Waals surface area contributed by atoms with E-state index in [1.54, 1.807) is 6.20 Å². The van der Waals surface area contributed by atoms with Gasteiger partial charge in [0.25, 0.3) is 0 Å². The smallest absolute Gasteiger partial charge is 0.317 e. The predicted molar refractivity (Wildman–Crippen MR) is 99.2 cm³/mol. The van der Waals surface area contributed by atoms with Crippen LogP contribution in [0.3, 0.4) is 0 Å². The molecule has 2 fully saturated rings. The van der Waals surface area contributed by atoms with Gasteiger partial charge < -0.3 is 10.2 Å². The van der Waals surface area contributed by atoms with Crippen LogP contribution in [0.25, 0.3) is 0 Å². The van der Waals surface area contributed by atoms with E-state index in [2.05, 4.69) is 28.2 Å². The molecular formula is C18H28N4OS. The number of aromatic nitrogens is 1. The summed E-state index contributed by atoms with van der Waals surface area (Å²) < 4.78 is 0. The number of carbonyl (C=O) groups is 1. The second-order valence-electron chi connectivity index (χ2n) is 6.66. The maximum Gasteiger partial charge on any atom is 0.317 e. The number of thioether (sulfide) groups is 1. The molecule has 2 heterocycles. The molecule has 2 aliphatic rings. The van der Waals surface area contributed by atoms with Crippen LogP contribution in [0.15, 0.2) is 24.5 Å². The quantitative estimate of drug-likeness (QED) is 0.888. The zero-order valence-corrected chi connectivity index (χ0v) is 15.3. The summed E-state index contributed by atoms with van der Waals surface area (Å²) in [5.41, 5.74) is 1.24. The largest absolute Gasteiger partial charge is 0.335 e. The number of urea groups is 1. The van der Waals surface area contributed by atoms with Crippen LogP contribution in [-0.4, -0.2) is 64.0 Å². The van der Waals surface area contributed by atoms with Gasteiger partial charge in [0.2, 0.25) is 0 Å². The average molecular weight is 349 g/mol. The fraction of sp³-hybridized carbons (Fsp3) is 0.667. The molecule has 0 spiro atoms. The Labute approximate surface area is 149 Å².